The maximum absolute atomic E-state index is 11.9. The van der Waals surface area contributed by atoms with Crippen LogP contribution < -0.4 is 22.5 Å². The van der Waals surface area contributed by atoms with Crippen LogP contribution in [0.1, 0.15) is 20.3 Å². The summed E-state index contributed by atoms with van der Waals surface area (Å²) in [4.78, 5) is 11.9. The zero-order chi connectivity index (χ0) is 26.9. The Labute approximate surface area is 208 Å². The fraction of sp³-hybridized carbons (Fsp3) is 0.952. The zero-order valence-corrected chi connectivity index (χ0v) is 20.2. The average Bonchev–Trinajstić information content (AvgIpc) is 3.13. The van der Waals surface area contributed by atoms with Crippen molar-refractivity contribution in [1.29, 1.82) is 0 Å². The number of carbonyl (C=O) groups excluding carboxylic acids is 1. The van der Waals surface area contributed by atoms with Crippen molar-refractivity contribution >= 4 is 5.91 Å². The molecule has 0 aromatic heterocycles. The van der Waals surface area contributed by atoms with Crippen molar-refractivity contribution < 1.29 is 54.4 Å². The Morgan fingerprint density at radius 1 is 0.861 bits per heavy atom. The number of hydrogen-bond donors (Lipinski definition) is 10. The van der Waals surface area contributed by atoms with Crippen molar-refractivity contribution in [2.75, 3.05) is 13.2 Å². The van der Waals surface area contributed by atoms with Crippen LogP contribution in [-0.4, -0.2) is 135 Å². The van der Waals surface area contributed by atoms with Crippen LogP contribution in [0.3, 0.4) is 0 Å². The van der Waals surface area contributed by atoms with Crippen LogP contribution in [0.5, 0.6) is 0 Å². The van der Waals surface area contributed by atoms with Crippen LogP contribution >= 0.6 is 0 Å². The molecule has 13 N–H and O–H groups in total. The highest BCUT2D eigenvalue weighted by Gasteiger charge is 2.52. The average molecular weight is 525 g/mol. The standard InChI is InChI=1S/C21H40N4O11/c1-6(2)19(32)25-4-9-14(29)15(30)11(24)20(33-9)35-17-10(5-26)34-21(16(17)31)36-18-12(27)7(22)3-8(23)13(18)28/h6-18,20-21,26-31H,3-5,22-24H2,1-2H3,(H,25,32). The summed E-state index contributed by atoms with van der Waals surface area (Å²) >= 11 is 0. The third kappa shape index (κ3) is 6.15. The molecule has 0 bridgehead atoms. The molecule has 0 aromatic carbocycles. The Balaban J connectivity index is 1.68. The monoisotopic (exact) mass is 524 g/mol. The Morgan fingerprint density at radius 3 is 1.97 bits per heavy atom. The summed E-state index contributed by atoms with van der Waals surface area (Å²) < 4.78 is 22.6. The van der Waals surface area contributed by atoms with Crippen LogP contribution in [0, 0.1) is 5.92 Å². The van der Waals surface area contributed by atoms with Gasteiger partial charge in [0.15, 0.2) is 12.6 Å². The van der Waals surface area contributed by atoms with Crippen LogP contribution in [-0.2, 0) is 23.7 Å². The SMILES string of the molecule is CC(C)C(=O)NCC1OC(OC2C(CO)OC(OC3C(O)C(N)CC(N)C3O)C2O)C(N)C(O)C1O. The first-order valence-electron chi connectivity index (χ1n) is 12.0. The van der Waals surface area contributed by atoms with Gasteiger partial charge in [0, 0.05) is 24.5 Å². The van der Waals surface area contributed by atoms with E-state index in [-0.39, 0.29) is 24.8 Å². The van der Waals surface area contributed by atoms with E-state index in [1.54, 1.807) is 13.8 Å². The van der Waals surface area contributed by atoms with E-state index in [4.69, 9.17) is 36.1 Å². The van der Waals surface area contributed by atoms with Crippen molar-refractivity contribution in [3.8, 4) is 0 Å². The summed E-state index contributed by atoms with van der Waals surface area (Å²) in [6, 6.07) is -2.80. The highest BCUT2D eigenvalue weighted by molar-refractivity contribution is 5.77. The quantitative estimate of drug-likeness (QED) is 0.142. The maximum Gasteiger partial charge on any atom is 0.222 e. The lowest BCUT2D eigenvalue weighted by Crippen LogP contribution is -2.65. The molecule has 13 atom stereocenters. The van der Waals surface area contributed by atoms with Gasteiger partial charge in [-0.1, -0.05) is 13.8 Å². The molecular formula is C21H40N4O11. The van der Waals surface area contributed by atoms with Gasteiger partial charge in [0.1, 0.15) is 42.7 Å². The molecule has 0 aromatic rings. The van der Waals surface area contributed by atoms with Gasteiger partial charge in [-0.3, -0.25) is 4.79 Å². The molecule has 15 nitrogen and oxygen atoms in total. The highest BCUT2D eigenvalue weighted by Crippen LogP contribution is 2.32. The van der Waals surface area contributed by atoms with E-state index >= 15 is 0 Å². The van der Waals surface area contributed by atoms with Crippen molar-refractivity contribution in [1.82, 2.24) is 5.32 Å². The molecule has 2 saturated heterocycles. The number of rotatable bonds is 8. The van der Waals surface area contributed by atoms with Gasteiger partial charge in [-0.15, -0.1) is 0 Å². The number of nitrogens with one attached hydrogen (secondary N) is 1. The largest absolute Gasteiger partial charge is 0.394 e. The van der Waals surface area contributed by atoms with E-state index in [1.165, 1.54) is 0 Å². The first-order valence-corrected chi connectivity index (χ1v) is 12.0. The smallest absolute Gasteiger partial charge is 0.222 e. The number of aliphatic hydroxyl groups is 6. The predicted octanol–water partition coefficient (Wildman–Crippen LogP) is -5.84. The molecule has 210 valence electrons. The van der Waals surface area contributed by atoms with E-state index < -0.39 is 92.2 Å². The third-order valence-electron chi connectivity index (χ3n) is 6.90. The predicted molar refractivity (Wildman–Crippen MR) is 121 cm³/mol. The summed E-state index contributed by atoms with van der Waals surface area (Å²) in [7, 11) is 0. The van der Waals surface area contributed by atoms with Gasteiger partial charge < -0.3 is 72.1 Å². The van der Waals surface area contributed by atoms with E-state index in [0.29, 0.717) is 0 Å². The summed E-state index contributed by atoms with van der Waals surface area (Å²) in [6.45, 7) is 2.62. The second kappa shape index (κ2) is 12.2. The summed E-state index contributed by atoms with van der Waals surface area (Å²) in [5.41, 5.74) is 17.7. The number of nitrogens with two attached hydrogens (primary N) is 3. The molecule has 3 aliphatic rings. The highest BCUT2D eigenvalue weighted by atomic mass is 16.7. The number of hydrogen-bond acceptors (Lipinski definition) is 14. The Morgan fingerprint density at radius 2 is 1.42 bits per heavy atom. The van der Waals surface area contributed by atoms with Crippen molar-refractivity contribution in [3.05, 3.63) is 0 Å². The molecule has 0 radical (unpaired) electrons. The summed E-state index contributed by atoms with van der Waals surface area (Å²) in [5.74, 6) is -0.609. The van der Waals surface area contributed by atoms with Crippen LogP contribution in [0.2, 0.25) is 0 Å². The zero-order valence-electron chi connectivity index (χ0n) is 20.2. The molecule has 15 heteroatoms. The molecule has 1 amide bonds. The molecular weight excluding hydrogens is 484 g/mol. The van der Waals surface area contributed by atoms with Gasteiger partial charge >= 0.3 is 0 Å². The van der Waals surface area contributed by atoms with Gasteiger partial charge in [-0.2, -0.15) is 0 Å². The fourth-order valence-corrected chi connectivity index (χ4v) is 4.53. The minimum absolute atomic E-state index is 0.140. The number of ether oxygens (including phenoxy) is 4. The molecule has 13 unspecified atom stereocenters. The third-order valence-corrected chi connectivity index (χ3v) is 6.90. The normalized spacial score (nSPS) is 47.8. The van der Waals surface area contributed by atoms with Gasteiger partial charge in [-0.05, 0) is 6.42 Å². The Hall–Kier alpha value is -1.05. The Bertz CT molecular complexity index is 722. The first kappa shape index (κ1) is 29.5. The molecule has 1 aliphatic carbocycles. The molecule has 2 heterocycles. The number of amides is 1. The van der Waals surface area contributed by atoms with Gasteiger partial charge in [0.2, 0.25) is 5.91 Å². The number of aliphatic hydroxyl groups excluding tert-OH is 6. The van der Waals surface area contributed by atoms with E-state index in [0.717, 1.165) is 0 Å². The van der Waals surface area contributed by atoms with Gasteiger partial charge in [0.05, 0.1) is 24.9 Å². The lowest BCUT2D eigenvalue weighted by Gasteiger charge is -2.42. The molecule has 3 rings (SSSR count). The van der Waals surface area contributed by atoms with Crippen molar-refractivity contribution in [3.63, 3.8) is 0 Å². The summed E-state index contributed by atoms with van der Waals surface area (Å²) in [5, 5.41) is 64.7. The topological polar surface area (TPSA) is 265 Å². The van der Waals surface area contributed by atoms with Crippen molar-refractivity contribution in [2.24, 2.45) is 23.1 Å². The van der Waals surface area contributed by atoms with Gasteiger partial charge in [-0.25, -0.2) is 0 Å². The second-order valence-corrected chi connectivity index (χ2v) is 9.96. The molecule has 36 heavy (non-hydrogen) atoms. The minimum atomic E-state index is -1.55. The van der Waals surface area contributed by atoms with Gasteiger partial charge in [0.25, 0.3) is 0 Å². The lowest BCUT2D eigenvalue weighted by molar-refractivity contribution is -0.281. The van der Waals surface area contributed by atoms with E-state index in [1.807, 2.05) is 0 Å². The van der Waals surface area contributed by atoms with Crippen LogP contribution in [0.4, 0.5) is 0 Å². The Kier molecular flexibility index (Phi) is 10.0. The first-order chi connectivity index (χ1) is 16.9. The maximum atomic E-state index is 11.9. The molecule has 0 spiro atoms. The van der Waals surface area contributed by atoms with Crippen LogP contribution in [0.25, 0.3) is 0 Å². The molecule has 2 aliphatic heterocycles. The summed E-state index contributed by atoms with van der Waals surface area (Å²) in [6.07, 6.45) is -14.5. The molecule has 3 fully saturated rings. The van der Waals surface area contributed by atoms with Crippen molar-refractivity contribution in [2.45, 2.75) is 106 Å². The fourth-order valence-electron chi connectivity index (χ4n) is 4.53. The van der Waals surface area contributed by atoms with E-state index in [9.17, 15) is 35.4 Å². The van der Waals surface area contributed by atoms with E-state index in [2.05, 4.69) is 5.32 Å². The number of carbonyl (C=O) groups is 1. The molecule has 1 saturated carbocycles. The lowest BCUT2D eigenvalue weighted by atomic mass is 9.84. The second-order valence-electron chi connectivity index (χ2n) is 9.96. The van der Waals surface area contributed by atoms with Crippen LogP contribution in [0.15, 0.2) is 0 Å². The minimum Gasteiger partial charge on any atom is -0.394 e.